The molecule has 222 valence electrons. The number of para-hydroxylation sites is 1. The van der Waals surface area contributed by atoms with Crippen molar-refractivity contribution in [3.05, 3.63) is 118 Å². The Bertz CT molecular complexity index is 1750. The Balaban J connectivity index is 1.50. The maximum Gasteiger partial charge on any atom is 0.271 e. The maximum absolute atomic E-state index is 13.7. The molecule has 8 heteroatoms. The van der Waals surface area contributed by atoms with Crippen molar-refractivity contribution in [3.8, 4) is 28.8 Å². The minimum absolute atomic E-state index is 0.00877. The molecule has 1 aliphatic heterocycles. The predicted octanol–water partition coefficient (Wildman–Crippen LogP) is 7.94. The van der Waals surface area contributed by atoms with Crippen molar-refractivity contribution in [1.82, 2.24) is 14.7 Å². The van der Waals surface area contributed by atoms with Crippen LogP contribution in [0.2, 0.25) is 5.02 Å². The highest BCUT2D eigenvalue weighted by molar-refractivity contribution is 6.30. The molecule has 0 saturated heterocycles. The summed E-state index contributed by atoms with van der Waals surface area (Å²) < 4.78 is 7.73. The number of imide groups is 1. The molecule has 0 N–H and O–H groups in total. The number of halogens is 1. The highest BCUT2D eigenvalue weighted by atomic mass is 35.5. The fourth-order valence-corrected chi connectivity index (χ4v) is 5.20. The quantitative estimate of drug-likeness (QED) is 0.0985. The van der Waals surface area contributed by atoms with Crippen LogP contribution >= 0.6 is 11.6 Å². The first kappa shape index (κ1) is 30.5. The highest BCUT2D eigenvalue weighted by Crippen LogP contribution is 2.32. The van der Waals surface area contributed by atoms with Gasteiger partial charge in [0.1, 0.15) is 24.0 Å². The molecule has 0 aliphatic carbocycles. The summed E-state index contributed by atoms with van der Waals surface area (Å²) >= 11 is 5.99. The van der Waals surface area contributed by atoms with Gasteiger partial charge in [-0.15, -0.1) is 0 Å². The van der Waals surface area contributed by atoms with Crippen LogP contribution in [0.4, 0.5) is 0 Å². The fraction of sp³-hybridized carbons (Fsp3) is 0.222. The molecule has 0 bridgehead atoms. The Hall–Kier alpha value is -4.93. The Morgan fingerprint density at radius 3 is 2.34 bits per heavy atom. The van der Waals surface area contributed by atoms with Crippen LogP contribution in [-0.4, -0.2) is 33.0 Å². The number of amides is 2. The molecular formula is C36H33ClN4O3. The van der Waals surface area contributed by atoms with E-state index in [0.717, 1.165) is 36.1 Å². The van der Waals surface area contributed by atoms with E-state index in [1.165, 1.54) is 4.90 Å². The Morgan fingerprint density at radius 1 is 0.932 bits per heavy atom. The zero-order valence-corrected chi connectivity index (χ0v) is 25.6. The molecule has 44 heavy (non-hydrogen) atoms. The van der Waals surface area contributed by atoms with E-state index in [-0.39, 0.29) is 12.1 Å². The molecule has 0 atom stereocenters. The summed E-state index contributed by atoms with van der Waals surface area (Å²) in [6.45, 7) is 4.44. The SMILES string of the molecule is CCCCCCN1C(=O)C(C#N)=C(C)/C(=C\c2cn(-c3ccccc3)nc2-c2ccc(OCc3ccc(Cl)cc3)cc2)C1=O. The lowest BCUT2D eigenvalue weighted by molar-refractivity contribution is -0.140. The Kier molecular flexibility index (Phi) is 9.73. The predicted molar refractivity (Wildman–Crippen MR) is 172 cm³/mol. The van der Waals surface area contributed by atoms with Gasteiger partial charge >= 0.3 is 0 Å². The van der Waals surface area contributed by atoms with Gasteiger partial charge in [0.15, 0.2) is 0 Å². The van der Waals surface area contributed by atoms with E-state index in [4.69, 9.17) is 21.4 Å². The van der Waals surface area contributed by atoms with Crippen LogP contribution in [0.5, 0.6) is 5.75 Å². The van der Waals surface area contributed by atoms with E-state index in [9.17, 15) is 14.9 Å². The van der Waals surface area contributed by atoms with E-state index in [1.54, 1.807) is 17.7 Å². The van der Waals surface area contributed by atoms with Gasteiger partial charge in [-0.25, -0.2) is 4.68 Å². The van der Waals surface area contributed by atoms with Crippen molar-refractivity contribution in [3.63, 3.8) is 0 Å². The third-order valence-electron chi connectivity index (χ3n) is 7.57. The smallest absolute Gasteiger partial charge is 0.271 e. The monoisotopic (exact) mass is 604 g/mol. The standard InChI is InChI=1S/C36H33ClN4O3/c1-3-4-5-9-20-40-35(42)32(25(2)33(22-38)36(40)43)21-28-23-41(30-10-7-6-8-11-30)39-34(28)27-14-18-31(19-15-27)44-24-26-12-16-29(37)17-13-26/h6-8,10-19,21,23H,3-5,9,20,24H2,1-2H3/b32-21+. The zero-order valence-electron chi connectivity index (χ0n) is 24.8. The summed E-state index contributed by atoms with van der Waals surface area (Å²) in [6, 6.07) is 26.8. The fourth-order valence-electron chi connectivity index (χ4n) is 5.07. The molecule has 1 aliphatic rings. The first-order valence-corrected chi connectivity index (χ1v) is 15.1. The van der Waals surface area contributed by atoms with Crippen molar-refractivity contribution < 1.29 is 14.3 Å². The summed E-state index contributed by atoms with van der Waals surface area (Å²) in [7, 11) is 0. The van der Waals surface area contributed by atoms with Gasteiger partial charge in [0, 0.05) is 34.5 Å². The molecule has 7 nitrogen and oxygen atoms in total. The van der Waals surface area contributed by atoms with Crippen molar-refractivity contribution in [2.24, 2.45) is 0 Å². The maximum atomic E-state index is 13.7. The number of carbonyl (C=O) groups is 2. The molecule has 2 amide bonds. The molecule has 2 heterocycles. The third kappa shape index (κ3) is 6.82. The van der Waals surface area contributed by atoms with Gasteiger partial charge in [0.2, 0.25) is 0 Å². The summed E-state index contributed by atoms with van der Waals surface area (Å²) in [4.78, 5) is 28.0. The molecule has 0 radical (unpaired) electrons. The average Bonchev–Trinajstić information content (AvgIpc) is 3.47. The number of benzene rings is 3. The highest BCUT2D eigenvalue weighted by Gasteiger charge is 2.35. The molecule has 1 aromatic heterocycles. The van der Waals surface area contributed by atoms with Crippen molar-refractivity contribution in [1.29, 1.82) is 5.26 Å². The van der Waals surface area contributed by atoms with Crippen LogP contribution in [0.1, 0.15) is 50.7 Å². The zero-order chi connectivity index (χ0) is 31.1. The van der Waals surface area contributed by atoms with Crippen LogP contribution in [0.25, 0.3) is 23.0 Å². The minimum atomic E-state index is -0.530. The molecular weight excluding hydrogens is 572 g/mol. The van der Waals surface area contributed by atoms with Gasteiger partial charge in [-0.1, -0.05) is 68.1 Å². The van der Waals surface area contributed by atoms with Crippen molar-refractivity contribution >= 4 is 29.5 Å². The minimum Gasteiger partial charge on any atom is -0.489 e. The van der Waals surface area contributed by atoms with Crippen molar-refractivity contribution in [2.45, 2.75) is 46.1 Å². The number of nitriles is 1. The Labute approximate surface area is 262 Å². The molecule has 0 fully saturated rings. The van der Waals surface area contributed by atoms with E-state index in [1.807, 2.05) is 91.1 Å². The second kappa shape index (κ2) is 14.0. The van der Waals surface area contributed by atoms with Gasteiger partial charge in [-0.2, -0.15) is 10.4 Å². The number of unbranched alkanes of at least 4 members (excludes halogenated alkanes) is 3. The average molecular weight is 605 g/mol. The van der Waals surface area contributed by atoms with E-state index in [2.05, 4.69) is 6.92 Å². The molecule has 0 unspecified atom stereocenters. The first-order valence-electron chi connectivity index (χ1n) is 14.7. The lowest BCUT2D eigenvalue weighted by Gasteiger charge is -2.27. The van der Waals surface area contributed by atoms with E-state index in [0.29, 0.717) is 46.2 Å². The second-order valence-corrected chi connectivity index (χ2v) is 11.1. The van der Waals surface area contributed by atoms with Gasteiger partial charge in [0.05, 0.1) is 11.4 Å². The topological polar surface area (TPSA) is 88.2 Å². The molecule has 0 spiro atoms. The summed E-state index contributed by atoms with van der Waals surface area (Å²) in [5.41, 5.74) is 4.69. The summed E-state index contributed by atoms with van der Waals surface area (Å²) in [5, 5.41) is 15.4. The summed E-state index contributed by atoms with van der Waals surface area (Å²) in [5.74, 6) is -0.228. The normalized spacial score (nSPS) is 14.3. The lowest BCUT2D eigenvalue weighted by atomic mass is 9.93. The largest absolute Gasteiger partial charge is 0.489 e. The van der Waals surface area contributed by atoms with Gasteiger partial charge in [-0.3, -0.25) is 14.5 Å². The van der Waals surface area contributed by atoms with Crippen LogP contribution in [0.15, 0.2) is 102 Å². The van der Waals surface area contributed by atoms with E-state index < -0.39 is 11.8 Å². The Morgan fingerprint density at radius 2 is 1.66 bits per heavy atom. The van der Waals surface area contributed by atoms with Crippen LogP contribution in [-0.2, 0) is 16.2 Å². The van der Waals surface area contributed by atoms with Crippen molar-refractivity contribution in [2.75, 3.05) is 6.54 Å². The lowest BCUT2D eigenvalue weighted by Crippen LogP contribution is -2.43. The number of rotatable bonds is 11. The first-order chi connectivity index (χ1) is 21.4. The third-order valence-corrected chi connectivity index (χ3v) is 7.82. The number of nitrogens with zero attached hydrogens (tertiary/aromatic N) is 4. The second-order valence-electron chi connectivity index (χ2n) is 10.6. The van der Waals surface area contributed by atoms with Gasteiger partial charge in [-0.05, 0) is 79.1 Å². The van der Waals surface area contributed by atoms with Crippen LogP contribution < -0.4 is 4.74 Å². The molecule has 4 aromatic rings. The number of hydrogen-bond acceptors (Lipinski definition) is 5. The van der Waals surface area contributed by atoms with Gasteiger partial charge < -0.3 is 4.74 Å². The van der Waals surface area contributed by atoms with Crippen LogP contribution in [0.3, 0.4) is 0 Å². The number of hydrogen-bond donors (Lipinski definition) is 0. The number of aromatic nitrogens is 2. The molecule has 0 saturated carbocycles. The van der Waals surface area contributed by atoms with E-state index >= 15 is 0 Å². The van der Waals surface area contributed by atoms with Gasteiger partial charge in [0.25, 0.3) is 11.8 Å². The van der Waals surface area contributed by atoms with Crippen LogP contribution in [0, 0.1) is 11.3 Å². The number of ether oxygens (including phenoxy) is 1. The molecule has 3 aromatic carbocycles. The number of carbonyl (C=O) groups excluding carboxylic acids is 2. The molecule has 5 rings (SSSR count). The summed E-state index contributed by atoms with van der Waals surface area (Å²) in [6.07, 6.45) is 7.26.